The minimum absolute atomic E-state index is 0.0862. The van der Waals surface area contributed by atoms with Gasteiger partial charge in [-0.05, 0) is 46.6 Å². The van der Waals surface area contributed by atoms with E-state index < -0.39 is 17.5 Å². The summed E-state index contributed by atoms with van der Waals surface area (Å²) in [6.07, 6.45) is 1.70. The van der Waals surface area contributed by atoms with Gasteiger partial charge in [-0.15, -0.1) is 0 Å². The second-order valence-corrected chi connectivity index (χ2v) is 5.55. The van der Waals surface area contributed by atoms with Gasteiger partial charge in [0.15, 0.2) is 17.5 Å². The molecule has 0 aliphatic heterocycles. The van der Waals surface area contributed by atoms with E-state index in [-0.39, 0.29) is 17.1 Å². The van der Waals surface area contributed by atoms with Crippen LogP contribution in [0, 0.1) is 24.4 Å². The maximum atomic E-state index is 13.4. The number of anilines is 1. The summed E-state index contributed by atoms with van der Waals surface area (Å²) in [5.74, 6) is -3.85. The third kappa shape index (κ3) is 2.17. The molecular formula is C14H9BrF3N3. The monoisotopic (exact) mass is 355 g/mol. The average molecular weight is 356 g/mol. The predicted octanol–water partition coefficient (Wildman–Crippen LogP) is 4.07. The molecule has 0 radical (unpaired) electrons. The highest BCUT2D eigenvalue weighted by atomic mass is 79.9. The van der Waals surface area contributed by atoms with E-state index in [1.165, 1.54) is 0 Å². The number of halogens is 4. The lowest BCUT2D eigenvalue weighted by Crippen LogP contribution is -1.96. The first kappa shape index (κ1) is 13.9. The summed E-state index contributed by atoms with van der Waals surface area (Å²) in [4.78, 5) is 4.30. The zero-order valence-electron chi connectivity index (χ0n) is 10.8. The number of nitrogen functional groups attached to an aromatic ring is 1. The van der Waals surface area contributed by atoms with E-state index in [1.807, 2.05) is 13.0 Å². The fourth-order valence-electron chi connectivity index (χ4n) is 2.19. The molecule has 1 aromatic carbocycles. The normalized spacial score (nSPS) is 11.3. The summed E-state index contributed by atoms with van der Waals surface area (Å²) in [6.45, 7) is 1.84. The number of pyridine rings is 1. The van der Waals surface area contributed by atoms with Crippen molar-refractivity contribution in [1.82, 2.24) is 9.38 Å². The zero-order valence-corrected chi connectivity index (χ0v) is 12.4. The summed E-state index contributed by atoms with van der Waals surface area (Å²) < 4.78 is 42.1. The second-order valence-electron chi connectivity index (χ2n) is 4.63. The number of rotatable bonds is 1. The van der Waals surface area contributed by atoms with Gasteiger partial charge in [0.05, 0.1) is 0 Å². The zero-order chi connectivity index (χ0) is 15.3. The topological polar surface area (TPSA) is 43.3 Å². The SMILES string of the molecule is Cc1cc(Br)cn2c(N)c(-c3cc(F)c(F)c(F)c3)nc12. The van der Waals surface area contributed by atoms with Gasteiger partial charge < -0.3 is 5.73 Å². The molecule has 0 saturated heterocycles. The molecule has 0 aliphatic carbocycles. The molecule has 0 unspecified atom stereocenters. The number of benzene rings is 1. The van der Waals surface area contributed by atoms with Gasteiger partial charge in [-0.3, -0.25) is 4.40 Å². The average Bonchev–Trinajstić information content (AvgIpc) is 2.74. The molecule has 0 spiro atoms. The Kier molecular flexibility index (Phi) is 3.16. The number of aromatic nitrogens is 2. The van der Waals surface area contributed by atoms with Crippen LogP contribution in [0.4, 0.5) is 19.0 Å². The largest absolute Gasteiger partial charge is 0.383 e. The molecule has 0 atom stereocenters. The minimum Gasteiger partial charge on any atom is -0.383 e. The Morgan fingerprint density at radius 2 is 1.76 bits per heavy atom. The molecule has 108 valence electrons. The molecular weight excluding hydrogens is 347 g/mol. The van der Waals surface area contributed by atoms with Crippen molar-refractivity contribution in [3.05, 3.63) is 51.9 Å². The lowest BCUT2D eigenvalue weighted by molar-refractivity contribution is 0.447. The van der Waals surface area contributed by atoms with E-state index in [9.17, 15) is 13.2 Å². The molecule has 3 aromatic rings. The molecule has 0 saturated carbocycles. The minimum atomic E-state index is -1.51. The van der Waals surface area contributed by atoms with Crippen LogP contribution in [0.3, 0.4) is 0 Å². The van der Waals surface area contributed by atoms with Crippen molar-refractivity contribution in [1.29, 1.82) is 0 Å². The van der Waals surface area contributed by atoms with E-state index in [4.69, 9.17) is 5.73 Å². The Labute approximate surface area is 126 Å². The standard InChI is InChI=1S/C14H9BrF3N3/c1-6-2-8(15)5-21-13(19)12(20-14(6)21)7-3-9(16)11(18)10(17)4-7/h2-5H,19H2,1H3. The van der Waals surface area contributed by atoms with Crippen molar-refractivity contribution >= 4 is 27.4 Å². The van der Waals surface area contributed by atoms with Crippen molar-refractivity contribution in [2.24, 2.45) is 0 Å². The summed E-state index contributed by atoms with van der Waals surface area (Å²) in [5.41, 5.74) is 7.68. The Bertz CT molecular complexity index is 851. The number of nitrogens with zero attached hydrogens (tertiary/aromatic N) is 2. The smallest absolute Gasteiger partial charge is 0.194 e. The van der Waals surface area contributed by atoms with Crippen LogP contribution in [0.2, 0.25) is 0 Å². The molecule has 2 aromatic heterocycles. The highest BCUT2D eigenvalue weighted by molar-refractivity contribution is 9.10. The van der Waals surface area contributed by atoms with E-state index >= 15 is 0 Å². The lowest BCUT2D eigenvalue weighted by Gasteiger charge is -2.02. The van der Waals surface area contributed by atoms with E-state index in [0.717, 1.165) is 22.2 Å². The molecule has 0 aliphatic rings. The van der Waals surface area contributed by atoms with Crippen molar-refractivity contribution in [3.8, 4) is 11.3 Å². The quantitative estimate of drug-likeness (QED) is 0.668. The molecule has 0 amide bonds. The van der Waals surface area contributed by atoms with Crippen LogP contribution in [-0.4, -0.2) is 9.38 Å². The van der Waals surface area contributed by atoms with Crippen molar-refractivity contribution in [3.63, 3.8) is 0 Å². The second kappa shape index (κ2) is 4.77. The van der Waals surface area contributed by atoms with Crippen molar-refractivity contribution in [2.45, 2.75) is 6.92 Å². The Balaban J connectivity index is 2.31. The first-order valence-corrected chi connectivity index (χ1v) is 6.76. The molecule has 0 fully saturated rings. The molecule has 2 N–H and O–H groups in total. The summed E-state index contributed by atoms with van der Waals surface area (Å²) in [5, 5.41) is 0. The number of hydrogen-bond donors (Lipinski definition) is 1. The first-order valence-electron chi connectivity index (χ1n) is 5.97. The number of fused-ring (bicyclic) bond motifs is 1. The van der Waals surface area contributed by atoms with E-state index in [2.05, 4.69) is 20.9 Å². The van der Waals surface area contributed by atoms with Gasteiger partial charge in [-0.1, -0.05) is 0 Å². The molecule has 0 bridgehead atoms. The third-order valence-electron chi connectivity index (χ3n) is 3.16. The number of nitrogens with two attached hydrogens (primary N) is 1. The molecule has 21 heavy (non-hydrogen) atoms. The maximum Gasteiger partial charge on any atom is 0.194 e. The van der Waals surface area contributed by atoms with Crippen LogP contribution < -0.4 is 5.73 Å². The van der Waals surface area contributed by atoms with Gasteiger partial charge in [0.1, 0.15) is 17.2 Å². The van der Waals surface area contributed by atoms with Crippen LogP contribution in [0.5, 0.6) is 0 Å². The Hall–Kier alpha value is -2.02. The van der Waals surface area contributed by atoms with Crippen molar-refractivity contribution < 1.29 is 13.2 Å². The molecule has 3 nitrogen and oxygen atoms in total. The molecule has 3 rings (SSSR count). The Morgan fingerprint density at radius 1 is 1.14 bits per heavy atom. The van der Waals surface area contributed by atoms with Crippen LogP contribution in [0.15, 0.2) is 28.9 Å². The summed E-state index contributed by atoms with van der Waals surface area (Å²) in [7, 11) is 0. The van der Waals surface area contributed by atoms with Gasteiger partial charge >= 0.3 is 0 Å². The van der Waals surface area contributed by atoms with Crippen LogP contribution in [-0.2, 0) is 0 Å². The van der Waals surface area contributed by atoms with Crippen LogP contribution in [0.25, 0.3) is 16.9 Å². The highest BCUT2D eigenvalue weighted by Crippen LogP contribution is 2.30. The van der Waals surface area contributed by atoms with Gasteiger partial charge in [0.25, 0.3) is 0 Å². The van der Waals surface area contributed by atoms with E-state index in [0.29, 0.717) is 5.65 Å². The lowest BCUT2D eigenvalue weighted by atomic mass is 10.1. The molecule has 2 heterocycles. The first-order chi connectivity index (χ1) is 9.88. The number of hydrogen-bond acceptors (Lipinski definition) is 2. The van der Waals surface area contributed by atoms with Crippen LogP contribution >= 0.6 is 15.9 Å². The molecule has 7 heteroatoms. The summed E-state index contributed by atoms with van der Waals surface area (Å²) in [6, 6.07) is 3.60. The van der Waals surface area contributed by atoms with Gasteiger partial charge in [-0.2, -0.15) is 0 Å². The van der Waals surface area contributed by atoms with E-state index in [1.54, 1.807) is 10.6 Å². The third-order valence-corrected chi connectivity index (χ3v) is 3.60. The number of imidazole rings is 1. The van der Waals surface area contributed by atoms with Gasteiger partial charge in [-0.25, -0.2) is 18.2 Å². The number of aryl methyl sites for hydroxylation is 1. The van der Waals surface area contributed by atoms with Gasteiger partial charge in [0.2, 0.25) is 0 Å². The predicted molar refractivity (Wildman–Crippen MR) is 77.4 cm³/mol. The fraction of sp³-hybridized carbons (Fsp3) is 0.0714. The fourth-order valence-corrected chi connectivity index (χ4v) is 2.74. The summed E-state index contributed by atoms with van der Waals surface area (Å²) >= 11 is 3.34. The highest BCUT2D eigenvalue weighted by Gasteiger charge is 2.17. The van der Waals surface area contributed by atoms with Crippen molar-refractivity contribution in [2.75, 3.05) is 5.73 Å². The van der Waals surface area contributed by atoms with Gasteiger partial charge in [0, 0.05) is 16.2 Å². The maximum absolute atomic E-state index is 13.4. The Morgan fingerprint density at radius 3 is 2.38 bits per heavy atom. The van der Waals surface area contributed by atoms with Crippen LogP contribution in [0.1, 0.15) is 5.56 Å².